The van der Waals surface area contributed by atoms with Gasteiger partial charge in [0.15, 0.2) is 0 Å². The zero-order valence-electron chi connectivity index (χ0n) is 11.6. The van der Waals surface area contributed by atoms with Crippen molar-refractivity contribution in [2.45, 2.75) is 0 Å². The van der Waals surface area contributed by atoms with Crippen LogP contribution in [0.2, 0.25) is 5.02 Å². The third-order valence-electron chi connectivity index (χ3n) is 3.63. The summed E-state index contributed by atoms with van der Waals surface area (Å²) in [7, 11) is 0. The summed E-state index contributed by atoms with van der Waals surface area (Å²) in [6.07, 6.45) is 5.33. The molecule has 2 aromatic carbocycles. The van der Waals surface area contributed by atoms with Gasteiger partial charge in [-0.05, 0) is 12.1 Å². The highest BCUT2D eigenvalue weighted by molar-refractivity contribution is 6.37. The second-order valence-corrected chi connectivity index (χ2v) is 5.38. The van der Waals surface area contributed by atoms with E-state index in [0.29, 0.717) is 5.02 Å². The van der Waals surface area contributed by atoms with Gasteiger partial charge in [-0.3, -0.25) is 0 Å². The number of aromatic nitrogens is 3. The van der Waals surface area contributed by atoms with E-state index in [1.807, 2.05) is 65.4 Å². The van der Waals surface area contributed by atoms with E-state index in [0.717, 1.165) is 27.8 Å². The van der Waals surface area contributed by atoms with Crippen molar-refractivity contribution in [3.63, 3.8) is 0 Å². The van der Waals surface area contributed by atoms with Gasteiger partial charge in [0.25, 0.3) is 0 Å². The summed E-state index contributed by atoms with van der Waals surface area (Å²) >= 11 is 6.58. The van der Waals surface area contributed by atoms with Crippen LogP contribution in [0.1, 0.15) is 0 Å². The zero-order chi connectivity index (χ0) is 14.9. The van der Waals surface area contributed by atoms with E-state index < -0.39 is 0 Å². The van der Waals surface area contributed by atoms with E-state index in [1.54, 1.807) is 12.5 Å². The number of fused-ring (bicyclic) bond motifs is 1. The van der Waals surface area contributed by atoms with Crippen LogP contribution in [-0.2, 0) is 0 Å². The second kappa shape index (κ2) is 5.28. The van der Waals surface area contributed by atoms with E-state index in [-0.39, 0.29) is 0 Å². The summed E-state index contributed by atoms with van der Waals surface area (Å²) in [5.74, 6) is 0. The molecule has 3 nitrogen and oxygen atoms in total. The fourth-order valence-corrected chi connectivity index (χ4v) is 2.83. The van der Waals surface area contributed by atoms with Crippen molar-refractivity contribution < 1.29 is 0 Å². The zero-order valence-corrected chi connectivity index (χ0v) is 12.4. The molecule has 0 N–H and O–H groups in total. The first-order valence-corrected chi connectivity index (χ1v) is 7.34. The van der Waals surface area contributed by atoms with E-state index in [9.17, 15) is 0 Å². The Balaban J connectivity index is 1.93. The molecule has 0 spiro atoms. The Labute approximate surface area is 132 Å². The molecule has 2 aromatic heterocycles. The third kappa shape index (κ3) is 2.16. The highest BCUT2D eigenvalue weighted by Gasteiger charge is 2.10. The van der Waals surface area contributed by atoms with Crippen molar-refractivity contribution in [1.29, 1.82) is 0 Å². The number of benzene rings is 2. The molecule has 4 heteroatoms. The summed E-state index contributed by atoms with van der Waals surface area (Å²) in [4.78, 5) is 8.82. The SMILES string of the molecule is Clc1c(-n2ccnc2)ccc2ccc(-c3ccccc3)nc12. The summed E-state index contributed by atoms with van der Waals surface area (Å²) in [6, 6.07) is 18.2. The molecule has 0 saturated carbocycles. The van der Waals surface area contributed by atoms with Gasteiger partial charge in [-0.2, -0.15) is 0 Å². The molecule has 106 valence electrons. The molecule has 0 unspecified atom stereocenters. The number of hydrogen-bond acceptors (Lipinski definition) is 2. The molecule has 0 aliphatic carbocycles. The second-order valence-electron chi connectivity index (χ2n) is 5.00. The summed E-state index contributed by atoms with van der Waals surface area (Å²) in [5, 5.41) is 1.65. The van der Waals surface area contributed by atoms with Crippen LogP contribution in [0, 0.1) is 0 Å². The van der Waals surface area contributed by atoms with Crippen LogP contribution < -0.4 is 0 Å². The maximum atomic E-state index is 6.58. The maximum Gasteiger partial charge on any atom is 0.0992 e. The molecule has 0 aliphatic rings. The van der Waals surface area contributed by atoms with E-state index in [4.69, 9.17) is 16.6 Å². The average Bonchev–Trinajstić information content (AvgIpc) is 3.10. The standard InChI is InChI=1S/C18H12ClN3/c19-17-16(22-11-10-20-12-22)9-7-14-6-8-15(21-18(14)17)13-4-2-1-3-5-13/h1-12H. The molecule has 0 saturated heterocycles. The predicted octanol–water partition coefficient (Wildman–Crippen LogP) is 4.74. The fraction of sp³-hybridized carbons (Fsp3) is 0. The fourth-order valence-electron chi connectivity index (χ4n) is 2.51. The normalized spacial score (nSPS) is 11.0. The van der Waals surface area contributed by atoms with Gasteiger partial charge in [0.1, 0.15) is 0 Å². The van der Waals surface area contributed by atoms with Crippen LogP contribution in [-0.4, -0.2) is 14.5 Å². The molecule has 0 radical (unpaired) electrons. The molecule has 0 bridgehead atoms. The lowest BCUT2D eigenvalue weighted by atomic mass is 10.1. The van der Waals surface area contributed by atoms with Gasteiger partial charge in [0.05, 0.1) is 28.2 Å². The van der Waals surface area contributed by atoms with Gasteiger partial charge in [0.2, 0.25) is 0 Å². The maximum absolute atomic E-state index is 6.58. The lowest BCUT2D eigenvalue weighted by Gasteiger charge is -2.09. The van der Waals surface area contributed by atoms with Crippen LogP contribution in [0.3, 0.4) is 0 Å². The van der Waals surface area contributed by atoms with Crippen LogP contribution in [0.25, 0.3) is 27.8 Å². The van der Waals surface area contributed by atoms with Gasteiger partial charge in [-0.25, -0.2) is 9.97 Å². The van der Waals surface area contributed by atoms with Crippen LogP contribution >= 0.6 is 11.6 Å². The predicted molar refractivity (Wildman–Crippen MR) is 89.3 cm³/mol. The van der Waals surface area contributed by atoms with Gasteiger partial charge in [-0.15, -0.1) is 0 Å². The van der Waals surface area contributed by atoms with Gasteiger partial charge in [0, 0.05) is 23.3 Å². The number of halogens is 1. The van der Waals surface area contributed by atoms with Gasteiger partial charge in [-0.1, -0.05) is 54.1 Å². The smallest absolute Gasteiger partial charge is 0.0992 e. The Morgan fingerprint density at radius 3 is 2.50 bits per heavy atom. The molecule has 0 atom stereocenters. The van der Waals surface area contributed by atoms with E-state index in [2.05, 4.69) is 4.98 Å². The number of hydrogen-bond donors (Lipinski definition) is 0. The van der Waals surface area contributed by atoms with Crippen molar-refractivity contribution in [2.24, 2.45) is 0 Å². The lowest BCUT2D eigenvalue weighted by Crippen LogP contribution is -1.94. The van der Waals surface area contributed by atoms with E-state index in [1.165, 1.54) is 0 Å². The molecule has 0 aliphatic heterocycles. The highest BCUT2D eigenvalue weighted by atomic mass is 35.5. The summed E-state index contributed by atoms with van der Waals surface area (Å²) in [5.41, 5.74) is 3.67. The quantitative estimate of drug-likeness (QED) is 0.535. The first-order chi connectivity index (χ1) is 10.8. The van der Waals surface area contributed by atoms with Crippen molar-refractivity contribution in [3.8, 4) is 16.9 Å². The summed E-state index contributed by atoms with van der Waals surface area (Å²) < 4.78 is 1.89. The van der Waals surface area contributed by atoms with Gasteiger partial charge < -0.3 is 4.57 Å². The molecule has 0 fully saturated rings. The van der Waals surface area contributed by atoms with Crippen molar-refractivity contribution in [2.75, 3.05) is 0 Å². The van der Waals surface area contributed by atoms with Crippen molar-refractivity contribution in [3.05, 3.63) is 78.3 Å². The minimum absolute atomic E-state index is 0.633. The molecule has 0 amide bonds. The Morgan fingerprint density at radius 1 is 0.909 bits per heavy atom. The third-order valence-corrected chi connectivity index (χ3v) is 4.00. The number of pyridine rings is 1. The lowest BCUT2D eigenvalue weighted by molar-refractivity contribution is 1.06. The molecule has 4 aromatic rings. The summed E-state index contributed by atoms with van der Waals surface area (Å²) in [6.45, 7) is 0. The number of nitrogens with zero attached hydrogens (tertiary/aromatic N) is 3. The number of imidazole rings is 1. The molecule has 4 rings (SSSR count). The monoisotopic (exact) mass is 305 g/mol. The van der Waals surface area contributed by atoms with Crippen LogP contribution in [0.5, 0.6) is 0 Å². The molecule has 22 heavy (non-hydrogen) atoms. The Bertz CT molecular complexity index is 931. The first-order valence-electron chi connectivity index (χ1n) is 6.96. The Morgan fingerprint density at radius 2 is 1.73 bits per heavy atom. The van der Waals surface area contributed by atoms with Crippen molar-refractivity contribution >= 4 is 22.5 Å². The molecular formula is C18H12ClN3. The van der Waals surface area contributed by atoms with E-state index >= 15 is 0 Å². The highest BCUT2D eigenvalue weighted by Crippen LogP contribution is 2.30. The van der Waals surface area contributed by atoms with Crippen LogP contribution in [0.4, 0.5) is 0 Å². The topological polar surface area (TPSA) is 30.7 Å². The minimum atomic E-state index is 0.633. The van der Waals surface area contributed by atoms with Gasteiger partial charge >= 0.3 is 0 Å². The Hall–Kier alpha value is -2.65. The largest absolute Gasteiger partial charge is 0.305 e. The Kier molecular flexibility index (Phi) is 3.13. The average molecular weight is 306 g/mol. The molecule has 2 heterocycles. The van der Waals surface area contributed by atoms with Crippen LogP contribution in [0.15, 0.2) is 73.3 Å². The molecular weight excluding hydrogens is 294 g/mol. The van der Waals surface area contributed by atoms with Crippen molar-refractivity contribution in [1.82, 2.24) is 14.5 Å². The first kappa shape index (κ1) is 13.0. The number of rotatable bonds is 2. The minimum Gasteiger partial charge on any atom is -0.305 e.